The van der Waals surface area contributed by atoms with Gasteiger partial charge in [-0.3, -0.25) is 4.79 Å². The van der Waals surface area contributed by atoms with Gasteiger partial charge in [0.2, 0.25) is 0 Å². The van der Waals surface area contributed by atoms with Gasteiger partial charge in [-0.25, -0.2) is 9.97 Å². The normalized spacial score (nSPS) is 10.3. The van der Waals surface area contributed by atoms with Gasteiger partial charge in [0.15, 0.2) is 23.1 Å². The molecule has 2 N–H and O–H groups in total. The van der Waals surface area contributed by atoms with Gasteiger partial charge in [0, 0.05) is 11.8 Å². The van der Waals surface area contributed by atoms with E-state index < -0.39 is 0 Å². The minimum Gasteiger partial charge on any atom is -0.504 e. The molecule has 0 aliphatic rings. The maximum atomic E-state index is 11.3. The molecule has 0 aliphatic carbocycles. The summed E-state index contributed by atoms with van der Waals surface area (Å²) in [6.45, 7) is 3.18. The van der Waals surface area contributed by atoms with Crippen molar-refractivity contribution in [2.24, 2.45) is 0 Å². The first-order valence-corrected chi connectivity index (χ1v) is 5.36. The molecule has 0 radical (unpaired) electrons. The molecule has 0 unspecified atom stereocenters. The van der Waals surface area contributed by atoms with Gasteiger partial charge in [-0.15, -0.1) is 0 Å². The zero-order chi connectivity index (χ0) is 13.3. The van der Waals surface area contributed by atoms with Crippen molar-refractivity contribution in [2.45, 2.75) is 13.8 Å². The Hall–Kier alpha value is -2.43. The number of aromatic hydroxyl groups is 2. The second-order valence-electron chi connectivity index (χ2n) is 3.95. The van der Waals surface area contributed by atoms with E-state index in [0.717, 1.165) is 0 Å². The summed E-state index contributed by atoms with van der Waals surface area (Å²) in [5.74, 6) is -0.124. The van der Waals surface area contributed by atoms with E-state index in [1.807, 2.05) is 0 Å². The van der Waals surface area contributed by atoms with Gasteiger partial charge in [-0.1, -0.05) is 0 Å². The third kappa shape index (κ3) is 2.15. The number of aryl methyl sites for hydroxylation is 1. The topological polar surface area (TPSA) is 83.3 Å². The molecular weight excluding hydrogens is 232 g/mol. The number of aromatic nitrogens is 2. The van der Waals surface area contributed by atoms with Gasteiger partial charge in [-0.05, 0) is 32.0 Å². The molecule has 1 aromatic heterocycles. The van der Waals surface area contributed by atoms with Gasteiger partial charge in [0.1, 0.15) is 0 Å². The average Bonchev–Trinajstić information content (AvgIpc) is 2.32. The minimum absolute atomic E-state index is 0.0902. The zero-order valence-corrected chi connectivity index (χ0v) is 10.0. The number of hydrogen-bond donors (Lipinski definition) is 2. The van der Waals surface area contributed by atoms with Crippen molar-refractivity contribution in [2.75, 3.05) is 0 Å². The molecule has 0 spiro atoms. The number of carbonyl (C=O) groups excluding carboxylic acids is 1. The molecule has 0 fully saturated rings. The molecular formula is C13H12N2O3. The Balaban J connectivity index is 2.48. The van der Waals surface area contributed by atoms with Crippen LogP contribution in [0.1, 0.15) is 23.0 Å². The third-order valence-corrected chi connectivity index (χ3v) is 2.59. The van der Waals surface area contributed by atoms with Gasteiger partial charge in [0.25, 0.3) is 0 Å². The number of Topliss-reactive ketones (excluding diaryl/α,β-unsaturated/α-hetero) is 1. The fraction of sp³-hybridized carbons (Fsp3) is 0.154. The molecule has 5 nitrogen and oxygen atoms in total. The van der Waals surface area contributed by atoms with E-state index in [1.54, 1.807) is 13.0 Å². The Kier molecular flexibility index (Phi) is 2.97. The van der Waals surface area contributed by atoms with Crippen molar-refractivity contribution in [3.63, 3.8) is 0 Å². The SMILES string of the molecule is CC(=O)c1cnc(-c2ccc(O)c(O)c2)nc1C. The van der Waals surface area contributed by atoms with Crippen LogP contribution in [0.3, 0.4) is 0 Å². The lowest BCUT2D eigenvalue weighted by Gasteiger charge is -2.05. The number of nitrogens with zero attached hydrogens (tertiary/aromatic N) is 2. The summed E-state index contributed by atoms with van der Waals surface area (Å²) in [7, 11) is 0. The second kappa shape index (κ2) is 4.44. The molecule has 1 aromatic carbocycles. The fourth-order valence-corrected chi connectivity index (χ4v) is 1.61. The standard InChI is InChI=1S/C13H12N2O3/c1-7-10(8(2)16)6-14-13(15-7)9-3-4-11(17)12(18)5-9/h3-6,17-18H,1-2H3. The first-order valence-electron chi connectivity index (χ1n) is 5.36. The van der Waals surface area contributed by atoms with E-state index in [0.29, 0.717) is 22.6 Å². The molecule has 0 aliphatic heterocycles. The van der Waals surface area contributed by atoms with Crippen LogP contribution in [0.25, 0.3) is 11.4 Å². The van der Waals surface area contributed by atoms with Crippen molar-refractivity contribution < 1.29 is 15.0 Å². The van der Waals surface area contributed by atoms with Crippen LogP contribution in [0.2, 0.25) is 0 Å². The third-order valence-electron chi connectivity index (χ3n) is 2.59. The predicted octanol–water partition coefficient (Wildman–Crippen LogP) is 2.07. The highest BCUT2D eigenvalue weighted by Gasteiger charge is 2.10. The van der Waals surface area contributed by atoms with Gasteiger partial charge < -0.3 is 10.2 Å². The molecule has 0 bridgehead atoms. The molecule has 0 amide bonds. The first kappa shape index (κ1) is 12.0. The molecule has 0 saturated heterocycles. The summed E-state index contributed by atoms with van der Waals surface area (Å²) < 4.78 is 0. The van der Waals surface area contributed by atoms with Crippen LogP contribution in [-0.4, -0.2) is 26.0 Å². The van der Waals surface area contributed by atoms with Crippen LogP contribution in [-0.2, 0) is 0 Å². The first-order chi connectivity index (χ1) is 8.49. The second-order valence-corrected chi connectivity index (χ2v) is 3.95. The Labute approximate surface area is 104 Å². The minimum atomic E-state index is -0.232. The van der Waals surface area contributed by atoms with Crippen molar-refractivity contribution in [1.29, 1.82) is 0 Å². The van der Waals surface area contributed by atoms with Crippen molar-refractivity contribution in [3.05, 3.63) is 35.7 Å². The lowest BCUT2D eigenvalue weighted by Crippen LogP contribution is -2.02. The fourth-order valence-electron chi connectivity index (χ4n) is 1.61. The van der Waals surface area contributed by atoms with Crippen molar-refractivity contribution in [1.82, 2.24) is 9.97 Å². The van der Waals surface area contributed by atoms with Crippen LogP contribution in [0.5, 0.6) is 11.5 Å². The highest BCUT2D eigenvalue weighted by atomic mass is 16.3. The number of ketones is 1. The summed E-state index contributed by atoms with van der Waals surface area (Å²) in [4.78, 5) is 19.5. The Morgan fingerprint density at radius 3 is 2.50 bits per heavy atom. The van der Waals surface area contributed by atoms with Gasteiger partial charge in [-0.2, -0.15) is 0 Å². The number of hydrogen-bond acceptors (Lipinski definition) is 5. The zero-order valence-electron chi connectivity index (χ0n) is 10.0. The number of phenolic OH excluding ortho intramolecular Hbond substituents is 2. The van der Waals surface area contributed by atoms with Crippen molar-refractivity contribution >= 4 is 5.78 Å². The largest absolute Gasteiger partial charge is 0.504 e. The predicted molar refractivity (Wildman–Crippen MR) is 65.5 cm³/mol. The average molecular weight is 244 g/mol. The molecule has 0 atom stereocenters. The maximum absolute atomic E-state index is 11.3. The van der Waals surface area contributed by atoms with Crippen LogP contribution in [0.15, 0.2) is 24.4 Å². The van der Waals surface area contributed by atoms with E-state index in [9.17, 15) is 15.0 Å². The number of carbonyl (C=O) groups is 1. The number of benzene rings is 1. The highest BCUT2D eigenvalue weighted by molar-refractivity contribution is 5.94. The van der Waals surface area contributed by atoms with Crippen molar-refractivity contribution in [3.8, 4) is 22.9 Å². The van der Waals surface area contributed by atoms with Crippen LogP contribution >= 0.6 is 0 Å². The Bertz CT molecular complexity index is 624. The highest BCUT2D eigenvalue weighted by Crippen LogP contribution is 2.29. The molecule has 2 aromatic rings. The smallest absolute Gasteiger partial charge is 0.163 e. The Morgan fingerprint density at radius 2 is 1.94 bits per heavy atom. The molecule has 5 heteroatoms. The van der Waals surface area contributed by atoms with Crippen LogP contribution in [0, 0.1) is 6.92 Å². The summed E-state index contributed by atoms with van der Waals surface area (Å²) in [6, 6.07) is 4.33. The summed E-state index contributed by atoms with van der Waals surface area (Å²) >= 11 is 0. The quantitative estimate of drug-likeness (QED) is 0.624. The van der Waals surface area contributed by atoms with E-state index in [2.05, 4.69) is 9.97 Å². The lowest BCUT2D eigenvalue weighted by molar-refractivity contribution is 0.101. The molecule has 18 heavy (non-hydrogen) atoms. The van der Waals surface area contributed by atoms with Crippen LogP contribution < -0.4 is 0 Å². The van der Waals surface area contributed by atoms with Gasteiger partial charge >= 0.3 is 0 Å². The molecule has 2 rings (SSSR count). The number of rotatable bonds is 2. The van der Waals surface area contributed by atoms with Crippen LogP contribution in [0.4, 0.5) is 0 Å². The van der Waals surface area contributed by atoms with E-state index >= 15 is 0 Å². The summed E-state index contributed by atoms with van der Waals surface area (Å²) in [5.41, 5.74) is 1.63. The van der Waals surface area contributed by atoms with E-state index in [1.165, 1.54) is 25.3 Å². The lowest BCUT2D eigenvalue weighted by atomic mass is 10.1. The Morgan fingerprint density at radius 1 is 1.22 bits per heavy atom. The monoisotopic (exact) mass is 244 g/mol. The van der Waals surface area contributed by atoms with Gasteiger partial charge in [0.05, 0.1) is 11.3 Å². The maximum Gasteiger partial charge on any atom is 0.163 e. The van der Waals surface area contributed by atoms with E-state index in [-0.39, 0.29) is 17.3 Å². The molecule has 1 heterocycles. The molecule has 92 valence electrons. The summed E-state index contributed by atoms with van der Waals surface area (Å²) in [6.07, 6.45) is 1.46. The number of phenols is 2. The summed E-state index contributed by atoms with van der Waals surface area (Å²) in [5, 5.41) is 18.6. The molecule has 0 saturated carbocycles. The van der Waals surface area contributed by atoms with E-state index in [4.69, 9.17) is 0 Å².